The fourth-order valence-electron chi connectivity index (χ4n) is 1.57. The molecule has 3 nitrogen and oxygen atoms in total. The Hall–Kier alpha value is -1.22. The fraction of sp³-hybridized carbons (Fsp3) is 0.600. The van der Waals surface area contributed by atoms with Crippen LogP contribution >= 0.6 is 0 Å². The molecule has 102 valence electrons. The smallest absolute Gasteiger partial charge is 0.161 e. The molecule has 0 aliphatic heterocycles. The van der Waals surface area contributed by atoms with Crippen LogP contribution in [0.3, 0.4) is 0 Å². The monoisotopic (exact) mass is 251 g/mol. The summed E-state index contributed by atoms with van der Waals surface area (Å²) >= 11 is 0. The lowest BCUT2D eigenvalue weighted by Gasteiger charge is -2.13. The van der Waals surface area contributed by atoms with Gasteiger partial charge < -0.3 is 14.8 Å². The van der Waals surface area contributed by atoms with Crippen molar-refractivity contribution in [3.05, 3.63) is 24.3 Å². The highest BCUT2D eigenvalue weighted by Crippen LogP contribution is 2.25. The van der Waals surface area contributed by atoms with Crippen LogP contribution in [0.1, 0.15) is 27.2 Å². The molecular weight excluding hydrogens is 226 g/mol. The summed E-state index contributed by atoms with van der Waals surface area (Å²) < 4.78 is 11.2. The van der Waals surface area contributed by atoms with Crippen molar-refractivity contribution in [1.29, 1.82) is 0 Å². The molecule has 0 saturated heterocycles. The predicted octanol–water partition coefficient (Wildman–Crippen LogP) is 3.10. The van der Waals surface area contributed by atoms with Crippen molar-refractivity contribution in [2.45, 2.75) is 27.2 Å². The second kappa shape index (κ2) is 8.81. The minimum Gasteiger partial charge on any atom is -0.490 e. The van der Waals surface area contributed by atoms with Crippen LogP contribution in [0.5, 0.6) is 11.5 Å². The topological polar surface area (TPSA) is 30.5 Å². The molecular formula is C15H25NO2. The van der Waals surface area contributed by atoms with Crippen molar-refractivity contribution >= 4 is 0 Å². The lowest BCUT2D eigenvalue weighted by atomic mass is 10.1. The van der Waals surface area contributed by atoms with Gasteiger partial charge in [-0.1, -0.05) is 32.4 Å². The first kappa shape index (κ1) is 14.8. The molecule has 3 heteroatoms. The van der Waals surface area contributed by atoms with Gasteiger partial charge >= 0.3 is 0 Å². The van der Waals surface area contributed by atoms with E-state index in [4.69, 9.17) is 9.47 Å². The molecule has 1 atom stereocenters. The Labute approximate surface area is 110 Å². The Morgan fingerprint density at radius 3 is 2.39 bits per heavy atom. The highest BCUT2D eigenvalue weighted by Gasteiger charge is 2.03. The van der Waals surface area contributed by atoms with Gasteiger partial charge in [-0.15, -0.1) is 0 Å². The molecule has 0 radical (unpaired) electrons. The minimum absolute atomic E-state index is 0.659. The quantitative estimate of drug-likeness (QED) is 0.684. The molecule has 1 unspecified atom stereocenters. The molecule has 1 aromatic carbocycles. The van der Waals surface area contributed by atoms with E-state index in [1.807, 2.05) is 31.2 Å². The van der Waals surface area contributed by atoms with Crippen molar-refractivity contribution in [3.63, 3.8) is 0 Å². The van der Waals surface area contributed by atoms with Crippen LogP contribution in [0.25, 0.3) is 0 Å². The van der Waals surface area contributed by atoms with E-state index in [0.29, 0.717) is 13.2 Å². The van der Waals surface area contributed by atoms with E-state index in [1.165, 1.54) is 6.42 Å². The van der Waals surface area contributed by atoms with Gasteiger partial charge in [0.2, 0.25) is 0 Å². The normalized spacial score (nSPS) is 12.2. The molecule has 0 heterocycles. The largest absolute Gasteiger partial charge is 0.490 e. The van der Waals surface area contributed by atoms with Crippen LogP contribution in [-0.2, 0) is 0 Å². The number of benzene rings is 1. The molecule has 0 saturated carbocycles. The van der Waals surface area contributed by atoms with E-state index in [0.717, 1.165) is 30.5 Å². The van der Waals surface area contributed by atoms with Crippen LogP contribution in [0.15, 0.2) is 24.3 Å². The molecule has 0 bridgehead atoms. The summed E-state index contributed by atoms with van der Waals surface area (Å²) in [6, 6.07) is 7.80. The average molecular weight is 251 g/mol. The van der Waals surface area contributed by atoms with E-state index in [9.17, 15) is 0 Å². The molecule has 1 rings (SSSR count). The summed E-state index contributed by atoms with van der Waals surface area (Å²) in [5.74, 6) is 2.37. The standard InChI is InChI=1S/C15H25NO2/c1-4-13(3)12-16-10-11-18-15-9-7-6-8-14(15)17-5-2/h6-9,13,16H,4-5,10-12H2,1-3H3. The lowest BCUT2D eigenvalue weighted by molar-refractivity contribution is 0.274. The van der Waals surface area contributed by atoms with Crippen molar-refractivity contribution in [2.24, 2.45) is 5.92 Å². The van der Waals surface area contributed by atoms with E-state index in [-0.39, 0.29) is 0 Å². The Balaban J connectivity index is 2.26. The fourth-order valence-corrected chi connectivity index (χ4v) is 1.57. The molecule has 0 aliphatic rings. The summed E-state index contributed by atoms with van der Waals surface area (Å²) in [4.78, 5) is 0. The zero-order valence-electron chi connectivity index (χ0n) is 11.7. The molecule has 18 heavy (non-hydrogen) atoms. The summed E-state index contributed by atoms with van der Waals surface area (Å²) in [7, 11) is 0. The van der Waals surface area contributed by atoms with Crippen LogP contribution in [0.4, 0.5) is 0 Å². The van der Waals surface area contributed by atoms with Gasteiger partial charge in [0, 0.05) is 6.54 Å². The van der Waals surface area contributed by atoms with Crippen LogP contribution in [0, 0.1) is 5.92 Å². The van der Waals surface area contributed by atoms with Crippen molar-refractivity contribution in [1.82, 2.24) is 5.32 Å². The van der Waals surface area contributed by atoms with Crippen LogP contribution in [0.2, 0.25) is 0 Å². The van der Waals surface area contributed by atoms with Gasteiger partial charge in [-0.05, 0) is 31.5 Å². The minimum atomic E-state index is 0.659. The third-order valence-corrected chi connectivity index (χ3v) is 2.88. The molecule has 0 aromatic heterocycles. The number of hydrogen-bond donors (Lipinski definition) is 1. The van der Waals surface area contributed by atoms with Crippen molar-refractivity contribution in [2.75, 3.05) is 26.3 Å². The average Bonchev–Trinajstić information content (AvgIpc) is 2.40. The SMILES string of the molecule is CCOc1ccccc1OCCNCC(C)CC. The van der Waals surface area contributed by atoms with Crippen LogP contribution < -0.4 is 14.8 Å². The van der Waals surface area contributed by atoms with E-state index >= 15 is 0 Å². The van der Waals surface area contributed by atoms with E-state index in [1.54, 1.807) is 0 Å². The summed E-state index contributed by atoms with van der Waals surface area (Å²) in [6.45, 7) is 9.68. The highest BCUT2D eigenvalue weighted by atomic mass is 16.5. The van der Waals surface area contributed by atoms with Crippen LogP contribution in [-0.4, -0.2) is 26.3 Å². The van der Waals surface area contributed by atoms with Gasteiger partial charge in [-0.2, -0.15) is 0 Å². The first-order valence-electron chi connectivity index (χ1n) is 6.83. The number of hydrogen-bond acceptors (Lipinski definition) is 3. The zero-order chi connectivity index (χ0) is 13.2. The van der Waals surface area contributed by atoms with Gasteiger partial charge in [-0.3, -0.25) is 0 Å². The van der Waals surface area contributed by atoms with Gasteiger partial charge in [0.15, 0.2) is 11.5 Å². The van der Waals surface area contributed by atoms with Crippen molar-refractivity contribution < 1.29 is 9.47 Å². The maximum absolute atomic E-state index is 5.72. The maximum Gasteiger partial charge on any atom is 0.161 e. The third kappa shape index (κ3) is 5.41. The Morgan fingerprint density at radius 2 is 1.78 bits per heavy atom. The first-order chi connectivity index (χ1) is 8.77. The van der Waals surface area contributed by atoms with Crippen molar-refractivity contribution in [3.8, 4) is 11.5 Å². The number of rotatable bonds is 9. The molecule has 0 fully saturated rings. The van der Waals surface area contributed by atoms with Gasteiger partial charge in [0.25, 0.3) is 0 Å². The number of ether oxygens (including phenoxy) is 2. The second-order valence-electron chi connectivity index (χ2n) is 4.45. The second-order valence-corrected chi connectivity index (χ2v) is 4.45. The maximum atomic E-state index is 5.72. The number of nitrogens with one attached hydrogen (secondary N) is 1. The first-order valence-corrected chi connectivity index (χ1v) is 6.83. The summed E-state index contributed by atoms with van der Waals surface area (Å²) in [5.41, 5.74) is 0. The Bertz CT molecular complexity index is 328. The highest BCUT2D eigenvalue weighted by molar-refractivity contribution is 5.39. The van der Waals surface area contributed by atoms with Gasteiger partial charge in [0.05, 0.1) is 6.61 Å². The predicted molar refractivity (Wildman–Crippen MR) is 75.4 cm³/mol. The molecule has 1 aromatic rings. The third-order valence-electron chi connectivity index (χ3n) is 2.88. The Morgan fingerprint density at radius 1 is 1.11 bits per heavy atom. The molecule has 0 spiro atoms. The molecule has 0 amide bonds. The number of para-hydroxylation sites is 2. The molecule has 0 aliphatic carbocycles. The summed E-state index contributed by atoms with van der Waals surface area (Å²) in [5, 5.41) is 3.39. The van der Waals surface area contributed by atoms with E-state index < -0.39 is 0 Å². The zero-order valence-corrected chi connectivity index (χ0v) is 11.7. The Kier molecular flexibility index (Phi) is 7.26. The molecule has 1 N–H and O–H groups in total. The van der Waals surface area contributed by atoms with Gasteiger partial charge in [0.1, 0.15) is 6.61 Å². The summed E-state index contributed by atoms with van der Waals surface area (Å²) in [6.07, 6.45) is 1.21. The van der Waals surface area contributed by atoms with Gasteiger partial charge in [-0.25, -0.2) is 0 Å². The van der Waals surface area contributed by atoms with E-state index in [2.05, 4.69) is 19.2 Å². The lowest BCUT2D eigenvalue weighted by Crippen LogP contribution is -2.25.